The minimum atomic E-state index is -3.72. The summed E-state index contributed by atoms with van der Waals surface area (Å²) in [6.45, 7) is 1.78. The van der Waals surface area contributed by atoms with Crippen LogP contribution in [0.2, 0.25) is 0 Å². The van der Waals surface area contributed by atoms with Crippen LogP contribution in [0.5, 0.6) is 0 Å². The number of sulfonamides is 1. The number of nitrogens with one attached hydrogen (secondary N) is 2. The van der Waals surface area contributed by atoms with Crippen LogP contribution in [0.3, 0.4) is 0 Å². The second kappa shape index (κ2) is 4.90. The normalized spacial score (nSPS) is 11.3. The Morgan fingerprint density at radius 1 is 1.32 bits per heavy atom. The Morgan fingerprint density at radius 2 is 2.00 bits per heavy atom. The number of hydrazine groups is 1. The third-order valence-corrected chi connectivity index (χ3v) is 3.99. The molecule has 0 atom stereocenters. The zero-order valence-electron chi connectivity index (χ0n) is 10.6. The number of hydrogen-bond donors (Lipinski definition) is 3. The van der Waals surface area contributed by atoms with Crippen LogP contribution < -0.4 is 16.0 Å². The van der Waals surface area contributed by atoms with E-state index in [0.717, 1.165) is 5.69 Å². The summed E-state index contributed by atoms with van der Waals surface area (Å²) in [5.74, 6) is 5.71. The van der Waals surface area contributed by atoms with Gasteiger partial charge in [-0.1, -0.05) is 12.1 Å². The number of nitrogens with two attached hydrogens (primary N) is 1. The molecule has 0 aliphatic heterocycles. The lowest BCUT2D eigenvalue weighted by molar-refractivity contribution is 0.600. The van der Waals surface area contributed by atoms with E-state index in [1.54, 1.807) is 38.2 Å². The number of benzene rings is 1. The van der Waals surface area contributed by atoms with Crippen LogP contribution >= 0.6 is 0 Å². The Labute approximate surface area is 111 Å². The molecule has 0 saturated carbocycles. The lowest BCUT2D eigenvalue weighted by atomic mass is 10.3. The van der Waals surface area contributed by atoms with Crippen LogP contribution in [0.4, 0.5) is 11.5 Å². The van der Waals surface area contributed by atoms with Crippen molar-refractivity contribution in [2.24, 2.45) is 12.9 Å². The standard InChI is InChI=1S/C11H15N5O2S/c1-8-7-11(16(2)14-8)15-19(17,18)10-6-4-3-5-9(10)13-12/h3-7,13,15H,12H2,1-2H3. The van der Waals surface area contributed by atoms with Gasteiger partial charge in [0.05, 0.1) is 11.4 Å². The number of nitrogens with zero attached hydrogens (tertiary/aromatic N) is 2. The molecule has 2 rings (SSSR count). The molecular formula is C11H15N5O2S. The number of nitrogen functional groups attached to an aromatic ring is 1. The van der Waals surface area contributed by atoms with E-state index in [1.165, 1.54) is 10.7 Å². The number of para-hydroxylation sites is 1. The average molecular weight is 281 g/mol. The first kappa shape index (κ1) is 13.4. The van der Waals surface area contributed by atoms with Gasteiger partial charge in [-0.05, 0) is 19.1 Å². The van der Waals surface area contributed by atoms with Crippen LogP contribution in [0.15, 0.2) is 35.2 Å². The van der Waals surface area contributed by atoms with E-state index in [0.29, 0.717) is 11.5 Å². The SMILES string of the molecule is Cc1cc(NS(=O)(=O)c2ccccc2NN)n(C)n1. The molecule has 19 heavy (non-hydrogen) atoms. The average Bonchev–Trinajstić information content (AvgIpc) is 2.67. The molecule has 0 aliphatic carbocycles. The summed E-state index contributed by atoms with van der Waals surface area (Å²) in [7, 11) is -2.05. The van der Waals surface area contributed by atoms with Crippen molar-refractivity contribution >= 4 is 21.5 Å². The molecule has 0 amide bonds. The lowest BCUT2D eigenvalue weighted by Gasteiger charge is -2.11. The molecule has 7 nitrogen and oxygen atoms in total. The van der Waals surface area contributed by atoms with Crippen LogP contribution in [-0.2, 0) is 17.1 Å². The number of hydrogen-bond acceptors (Lipinski definition) is 5. The molecule has 1 heterocycles. The highest BCUT2D eigenvalue weighted by atomic mass is 32.2. The van der Waals surface area contributed by atoms with Crippen molar-refractivity contribution in [2.45, 2.75) is 11.8 Å². The third kappa shape index (κ3) is 2.69. The molecular weight excluding hydrogens is 266 g/mol. The highest BCUT2D eigenvalue weighted by molar-refractivity contribution is 7.92. The van der Waals surface area contributed by atoms with Crippen molar-refractivity contribution in [1.82, 2.24) is 9.78 Å². The molecule has 102 valence electrons. The lowest BCUT2D eigenvalue weighted by Crippen LogP contribution is -2.18. The maximum Gasteiger partial charge on any atom is 0.265 e. The van der Waals surface area contributed by atoms with Gasteiger partial charge in [0.15, 0.2) is 0 Å². The van der Waals surface area contributed by atoms with Crippen molar-refractivity contribution in [2.75, 3.05) is 10.1 Å². The van der Waals surface area contributed by atoms with Gasteiger partial charge in [0.2, 0.25) is 0 Å². The van der Waals surface area contributed by atoms with Gasteiger partial charge < -0.3 is 5.43 Å². The first-order chi connectivity index (χ1) is 8.94. The minimum absolute atomic E-state index is 0.0800. The molecule has 2 aromatic rings. The van der Waals surface area contributed by atoms with Crippen molar-refractivity contribution in [3.05, 3.63) is 36.0 Å². The van der Waals surface area contributed by atoms with Gasteiger partial charge in [-0.3, -0.25) is 15.2 Å². The van der Waals surface area contributed by atoms with Crippen molar-refractivity contribution in [1.29, 1.82) is 0 Å². The van der Waals surface area contributed by atoms with Crippen LogP contribution in [-0.4, -0.2) is 18.2 Å². The number of aromatic nitrogens is 2. The van der Waals surface area contributed by atoms with Gasteiger partial charge in [0.25, 0.3) is 10.0 Å². The molecule has 4 N–H and O–H groups in total. The molecule has 0 saturated heterocycles. The molecule has 0 fully saturated rings. The number of anilines is 2. The van der Waals surface area contributed by atoms with Gasteiger partial charge in [0, 0.05) is 13.1 Å². The molecule has 0 radical (unpaired) electrons. The summed E-state index contributed by atoms with van der Waals surface area (Å²) in [5, 5.41) is 4.08. The molecule has 0 spiro atoms. The van der Waals surface area contributed by atoms with E-state index < -0.39 is 10.0 Å². The van der Waals surface area contributed by atoms with Gasteiger partial charge >= 0.3 is 0 Å². The molecule has 0 bridgehead atoms. The van der Waals surface area contributed by atoms with E-state index in [-0.39, 0.29) is 4.90 Å². The fraction of sp³-hybridized carbons (Fsp3) is 0.182. The summed E-state index contributed by atoms with van der Waals surface area (Å²) < 4.78 is 28.5. The first-order valence-electron chi connectivity index (χ1n) is 5.53. The van der Waals surface area contributed by atoms with E-state index in [4.69, 9.17) is 5.84 Å². The maximum atomic E-state index is 12.3. The van der Waals surface area contributed by atoms with Gasteiger partial charge in [-0.25, -0.2) is 8.42 Å². The Hall–Kier alpha value is -2.06. The van der Waals surface area contributed by atoms with Crippen molar-refractivity contribution < 1.29 is 8.42 Å². The topological polar surface area (TPSA) is 102 Å². The summed E-state index contributed by atoms with van der Waals surface area (Å²) in [6, 6.07) is 8.03. The zero-order valence-corrected chi connectivity index (χ0v) is 11.4. The van der Waals surface area contributed by atoms with Gasteiger partial charge in [-0.2, -0.15) is 5.10 Å². The van der Waals surface area contributed by atoms with Crippen LogP contribution in [0.25, 0.3) is 0 Å². The summed E-state index contributed by atoms with van der Waals surface area (Å²) in [5.41, 5.74) is 3.42. The van der Waals surface area contributed by atoms with E-state index in [2.05, 4.69) is 15.2 Å². The minimum Gasteiger partial charge on any atom is -0.323 e. The van der Waals surface area contributed by atoms with Crippen LogP contribution in [0.1, 0.15) is 5.69 Å². The Bertz CT molecular complexity index is 693. The summed E-state index contributed by atoms with van der Waals surface area (Å²) >= 11 is 0. The first-order valence-corrected chi connectivity index (χ1v) is 7.01. The van der Waals surface area contributed by atoms with Gasteiger partial charge in [0.1, 0.15) is 10.7 Å². The van der Waals surface area contributed by atoms with E-state index in [1.807, 2.05) is 0 Å². The predicted octanol–water partition coefficient (Wildman–Crippen LogP) is 0.815. The Kier molecular flexibility index (Phi) is 3.45. The monoisotopic (exact) mass is 281 g/mol. The Morgan fingerprint density at radius 3 is 2.58 bits per heavy atom. The number of aryl methyl sites for hydroxylation is 2. The van der Waals surface area contributed by atoms with Crippen molar-refractivity contribution in [3.8, 4) is 0 Å². The third-order valence-electron chi connectivity index (χ3n) is 2.57. The molecule has 1 aromatic heterocycles. The maximum absolute atomic E-state index is 12.3. The Balaban J connectivity index is 2.40. The second-order valence-electron chi connectivity index (χ2n) is 4.04. The fourth-order valence-electron chi connectivity index (χ4n) is 1.72. The number of rotatable bonds is 4. The summed E-state index contributed by atoms with van der Waals surface area (Å²) in [4.78, 5) is 0.0800. The van der Waals surface area contributed by atoms with E-state index in [9.17, 15) is 8.42 Å². The van der Waals surface area contributed by atoms with E-state index >= 15 is 0 Å². The second-order valence-corrected chi connectivity index (χ2v) is 5.69. The van der Waals surface area contributed by atoms with Crippen LogP contribution in [0, 0.1) is 6.92 Å². The molecule has 8 heteroatoms. The molecule has 0 unspecified atom stereocenters. The highest BCUT2D eigenvalue weighted by Gasteiger charge is 2.19. The molecule has 1 aromatic carbocycles. The quantitative estimate of drug-likeness (QED) is 0.568. The highest BCUT2D eigenvalue weighted by Crippen LogP contribution is 2.22. The summed E-state index contributed by atoms with van der Waals surface area (Å²) in [6.07, 6.45) is 0. The molecule has 0 aliphatic rings. The largest absolute Gasteiger partial charge is 0.323 e. The van der Waals surface area contributed by atoms with Crippen molar-refractivity contribution in [3.63, 3.8) is 0 Å². The smallest absolute Gasteiger partial charge is 0.265 e. The zero-order chi connectivity index (χ0) is 14.0. The predicted molar refractivity (Wildman–Crippen MR) is 73.0 cm³/mol. The van der Waals surface area contributed by atoms with Gasteiger partial charge in [-0.15, -0.1) is 0 Å². The fourth-order valence-corrected chi connectivity index (χ4v) is 2.97.